The van der Waals surface area contributed by atoms with Crippen LogP contribution < -0.4 is 5.32 Å². The van der Waals surface area contributed by atoms with E-state index in [0.717, 1.165) is 6.42 Å². The fourth-order valence-electron chi connectivity index (χ4n) is 1.52. The molecule has 5 heteroatoms. The number of pyridine rings is 1. The lowest BCUT2D eigenvalue weighted by atomic mass is 9.88. The van der Waals surface area contributed by atoms with Crippen LogP contribution in [0.4, 0.5) is 0 Å². The normalized spacial score (nSPS) is 15.8. The van der Waals surface area contributed by atoms with Crippen molar-refractivity contribution >= 4 is 21.8 Å². The van der Waals surface area contributed by atoms with Gasteiger partial charge in [0.25, 0.3) is 5.91 Å². The molecule has 0 aliphatic rings. The number of halogens is 1. The van der Waals surface area contributed by atoms with Crippen molar-refractivity contribution < 1.29 is 9.90 Å². The molecule has 2 N–H and O–H groups in total. The average molecular weight is 315 g/mol. The number of aromatic nitrogens is 1. The van der Waals surface area contributed by atoms with Gasteiger partial charge in [-0.3, -0.25) is 4.79 Å². The Balaban J connectivity index is 2.65. The van der Waals surface area contributed by atoms with E-state index >= 15 is 0 Å². The topological polar surface area (TPSA) is 62.2 Å². The first-order valence-corrected chi connectivity index (χ1v) is 6.79. The van der Waals surface area contributed by atoms with E-state index in [0.29, 0.717) is 10.2 Å². The summed E-state index contributed by atoms with van der Waals surface area (Å²) in [5, 5.41) is 12.9. The average Bonchev–Trinajstić information content (AvgIpc) is 2.35. The molecule has 0 saturated heterocycles. The lowest BCUT2D eigenvalue weighted by Gasteiger charge is -2.29. The predicted octanol–water partition coefficient (Wildman–Crippen LogP) is 2.37. The van der Waals surface area contributed by atoms with Gasteiger partial charge in [-0.05, 0) is 40.9 Å². The van der Waals surface area contributed by atoms with Crippen molar-refractivity contribution in [2.75, 3.05) is 6.54 Å². The summed E-state index contributed by atoms with van der Waals surface area (Å²) in [7, 11) is 0. The molecular formula is C13H19BrN2O2. The highest BCUT2D eigenvalue weighted by atomic mass is 79.9. The van der Waals surface area contributed by atoms with Gasteiger partial charge in [0.1, 0.15) is 4.60 Å². The molecular weight excluding hydrogens is 296 g/mol. The van der Waals surface area contributed by atoms with Crippen LogP contribution in [0.3, 0.4) is 0 Å². The second-order valence-electron chi connectivity index (χ2n) is 4.69. The lowest BCUT2D eigenvalue weighted by Crippen LogP contribution is -2.45. The fraction of sp³-hybridized carbons (Fsp3) is 0.538. The number of aliphatic hydroxyl groups is 1. The van der Waals surface area contributed by atoms with Crippen LogP contribution in [-0.2, 0) is 0 Å². The number of amides is 1. The van der Waals surface area contributed by atoms with E-state index < -0.39 is 5.60 Å². The van der Waals surface area contributed by atoms with E-state index in [1.165, 1.54) is 0 Å². The Hall–Kier alpha value is -0.940. The van der Waals surface area contributed by atoms with Crippen LogP contribution in [0.15, 0.2) is 22.9 Å². The zero-order chi connectivity index (χ0) is 13.8. The third-order valence-corrected chi connectivity index (χ3v) is 3.92. The largest absolute Gasteiger partial charge is 0.388 e. The zero-order valence-electron chi connectivity index (χ0n) is 10.9. The first kappa shape index (κ1) is 15.1. The van der Waals surface area contributed by atoms with Gasteiger partial charge < -0.3 is 10.4 Å². The van der Waals surface area contributed by atoms with Crippen molar-refractivity contribution in [1.82, 2.24) is 10.3 Å². The Bertz CT molecular complexity index is 421. The van der Waals surface area contributed by atoms with Crippen molar-refractivity contribution in [2.24, 2.45) is 5.92 Å². The van der Waals surface area contributed by atoms with Gasteiger partial charge in [-0.25, -0.2) is 4.98 Å². The second-order valence-corrected chi connectivity index (χ2v) is 5.44. The van der Waals surface area contributed by atoms with Gasteiger partial charge in [0, 0.05) is 12.7 Å². The Morgan fingerprint density at radius 3 is 2.89 bits per heavy atom. The SMILES string of the molecule is CCC(C)C(C)(O)CNC(=O)c1cccnc1Br. The van der Waals surface area contributed by atoms with Crippen molar-refractivity contribution in [3.05, 3.63) is 28.5 Å². The molecule has 0 radical (unpaired) electrons. The van der Waals surface area contributed by atoms with Crippen molar-refractivity contribution in [3.8, 4) is 0 Å². The predicted molar refractivity (Wildman–Crippen MR) is 74.3 cm³/mol. The molecule has 18 heavy (non-hydrogen) atoms. The summed E-state index contributed by atoms with van der Waals surface area (Å²) in [6.45, 7) is 5.94. The van der Waals surface area contributed by atoms with Gasteiger partial charge in [-0.1, -0.05) is 20.3 Å². The molecule has 1 rings (SSSR count). The molecule has 4 nitrogen and oxygen atoms in total. The van der Waals surface area contributed by atoms with E-state index in [1.807, 2.05) is 13.8 Å². The third kappa shape index (κ3) is 3.78. The summed E-state index contributed by atoms with van der Waals surface area (Å²) < 4.78 is 0.505. The van der Waals surface area contributed by atoms with Crippen molar-refractivity contribution in [1.29, 1.82) is 0 Å². The molecule has 100 valence electrons. The van der Waals surface area contributed by atoms with E-state index in [4.69, 9.17) is 0 Å². The third-order valence-electron chi connectivity index (χ3n) is 3.28. The summed E-state index contributed by atoms with van der Waals surface area (Å²) in [5.41, 5.74) is -0.434. The van der Waals surface area contributed by atoms with Crippen molar-refractivity contribution in [3.63, 3.8) is 0 Å². The van der Waals surface area contributed by atoms with Crippen LogP contribution in [0.25, 0.3) is 0 Å². The quantitative estimate of drug-likeness (QED) is 0.820. The lowest BCUT2D eigenvalue weighted by molar-refractivity contribution is 0.00591. The van der Waals surface area contributed by atoms with E-state index in [2.05, 4.69) is 26.2 Å². The minimum Gasteiger partial charge on any atom is -0.388 e. The van der Waals surface area contributed by atoms with Gasteiger partial charge in [0.05, 0.1) is 11.2 Å². The number of carbonyl (C=O) groups excluding carboxylic acids is 1. The van der Waals surface area contributed by atoms with E-state index in [1.54, 1.807) is 25.3 Å². The van der Waals surface area contributed by atoms with Gasteiger partial charge in [-0.15, -0.1) is 0 Å². The molecule has 0 spiro atoms. The highest BCUT2D eigenvalue weighted by Gasteiger charge is 2.27. The van der Waals surface area contributed by atoms with E-state index in [-0.39, 0.29) is 18.4 Å². The molecule has 2 unspecified atom stereocenters. The number of hydrogen-bond acceptors (Lipinski definition) is 3. The standard InChI is InChI=1S/C13H19BrN2O2/c1-4-9(2)13(3,18)8-16-12(17)10-6-5-7-15-11(10)14/h5-7,9,18H,4,8H2,1-3H3,(H,16,17). The maximum Gasteiger partial charge on any atom is 0.254 e. The number of nitrogens with one attached hydrogen (secondary N) is 1. The molecule has 2 atom stereocenters. The Morgan fingerprint density at radius 2 is 2.33 bits per heavy atom. The minimum atomic E-state index is -0.904. The van der Waals surface area contributed by atoms with Crippen LogP contribution in [0.2, 0.25) is 0 Å². The van der Waals surface area contributed by atoms with Gasteiger partial charge >= 0.3 is 0 Å². The number of nitrogens with zero attached hydrogens (tertiary/aromatic N) is 1. The first-order valence-electron chi connectivity index (χ1n) is 5.99. The van der Waals surface area contributed by atoms with Crippen LogP contribution in [-0.4, -0.2) is 28.1 Å². The maximum absolute atomic E-state index is 11.9. The molecule has 1 amide bonds. The molecule has 1 heterocycles. The maximum atomic E-state index is 11.9. The summed E-state index contributed by atoms with van der Waals surface area (Å²) in [6, 6.07) is 3.39. The monoisotopic (exact) mass is 314 g/mol. The Kier molecular flexibility index (Phi) is 5.28. The van der Waals surface area contributed by atoms with Gasteiger partial charge in [0.2, 0.25) is 0 Å². The number of rotatable bonds is 5. The molecule has 0 bridgehead atoms. The fourth-order valence-corrected chi connectivity index (χ4v) is 1.95. The van der Waals surface area contributed by atoms with Crippen LogP contribution in [0.1, 0.15) is 37.6 Å². The summed E-state index contributed by atoms with van der Waals surface area (Å²) >= 11 is 3.23. The highest BCUT2D eigenvalue weighted by Crippen LogP contribution is 2.19. The summed E-state index contributed by atoms with van der Waals surface area (Å²) in [4.78, 5) is 15.9. The van der Waals surface area contributed by atoms with Crippen LogP contribution in [0, 0.1) is 5.92 Å². The highest BCUT2D eigenvalue weighted by molar-refractivity contribution is 9.10. The molecule has 1 aromatic rings. The van der Waals surface area contributed by atoms with Crippen LogP contribution >= 0.6 is 15.9 Å². The summed E-state index contributed by atoms with van der Waals surface area (Å²) in [6.07, 6.45) is 2.47. The Morgan fingerprint density at radius 1 is 1.67 bits per heavy atom. The van der Waals surface area contributed by atoms with E-state index in [9.17, 15) is 9.90 Å². The molecule has 0 aromatic carbocycles. The van der Waals surface area contributed by atoms with Gasteiger partial charge in [0.15, 0.2) is 0 Å². The molecule has 0 fully saturated rings. The van der Waals surface area contributed by atoms with Crippen LogP contribution in [0.5, 0.6) is 0 Å². The Labute approximate surface area is 116 Å². The van der Waals surface area contributed by atoms with Crippen molar-refractivity contribution in [2.45, 2.75) is 32.8 Å². The molecule has 1 aromatic heterocycles. The number of hydrogen-bond donors (Lipinski definition) is 2. The summed E-state index contributed by atoms with van der Waals surface area (Å²) in [5.74, 6) is -0.117. The first-order chi connectivity index (χ1) is 8.38. The molecule has 0 aliphatic carbocycles. The molecule has 0 aliphatic heterocycles. The zero-order valence-corrected chi connectivity index (χ0v) is 12.5. The molecule has 0 saturated carbocycles. The minimum absolute atomic E-state index is 0.120. The second kappa shape index (κ2) is 6.29. The smallest absolute Gasteiger partial charge is 0.254 e. The van der Waals surface area contributed by atoms with Gasteiger partial charge in [-0.2, -0.15) is 0 Å². The number of carbonyl (C=O) groups is 1.